The van der Waals surface area contributed by atoms with Crippen molar-refractivity contribution in [1.82, 2.24) is 0 Å². The summed E-state index contributed by atoms with van der Waals surface area (Å²) in [5.41, 5.74) is 6.31. The SMILES string of the molecule is Nc1cccc(OCCCOc2cc(F)c(Cl)cc2Br)c1. The molecule has 21 heavy (non-hydrogen) atoms. The highest BCUT2D eigenvalue weighted by Crippen LogP contribution is 2.30. The summed E-state index contributed by atoms with van der Waals surface area (Å²) in [6, 6.07) is 9.94. The summed E-state index contributed by atoms with van der Waals surface area (Å²) < 4.78 is 25.0. The molecule has 0 aromatic heterocycles. The van der Waals surface area contributed by atoms with Gasteiger partial charge in [-0.3, -0.25) is 0 Å². The number of hydrogen-bond donors (Lipinski definition) is 1. The lowest BCUT2D eigenvalue weighted by atomic mass is 10.3. The molecule has 0 saturated heterocycles. The average molecular weight is 375 g/mol. The van der Waals surface area contributed by atoms with Gasteiger partial charge in [-0.05, 0) is 34.1 Å². The first-order valence-electron chi connectivity index (χ1n) is 6.32. The Kier molecular flexibility index (Phi) is 5.70. The van der Waals surface area contributed by atoms with Gasteiger partial charge in [0.2, 0.25) is 0 Å². The fraction of sp³-hybridized carbons (Fsp3) is 0.200. The molecule has 2 aromatic carbocycles. The molecule has 2 rings (SSSR count). The first-order valence-corrected chi connectivity index (χ1v) is 7.49. The van der Waals surface area contributed by atoms with Crippen molar-refractivity contribution in [3.8, 4) is 11.5 Å². The molecule has 0 amide bonds. The second-order valence-electron chi connectivity index (χ2n) is 4.32. The molecule has 0 fully saturated rings. The van der Waals surface area contributed by atoms with Crippen LogP contribution in [-0.2, 0) is 0 Å². The van der Waals surface area contributed by atoms with Gasteiger partial charge in [-0.1, -0.05) is 17.7 Å². The minimum Gasteiger partial charge on any atom is -0.493 e. The molecule has 0 radical (unpaired) electrons. The molecule has 0 saturated carbocycles. The number of anilines is 1. The van der Waals surface area contributed by atoms with Crippen LogP contribution < -0.4 is 15.2 Å². The fourth-order valence-corrected chi connectivity index (χ4v) is 2.40. The van der Waals surface area contributed by atoms with E-state index >= 15 is 0 Å². The fourth-order valence-electron chi connectivity index (χ4n) is 1.65. The summed E-state index contributed by atoms with van der Waals surface area (Å²) in [5.74, 6) is 0.625. The summed E-state index contributed by atoms with van der Waals surface area (Å²) in [6.45, 7) is 0.888. The summed E-state index contributed by atoms with van der Waals surface area (Å²) in [5, 5.41) is 0.0548. The Labute approximate surface area is 135 Å². The van der Waals surface area contributed by atoms with E-state index in [0.717, 1.165) is 0 Å². The van der Waals surface area contributed by atoms with Crippen LogP contribution >= 0.6 is 27.5 Å². The molecule has 2 N–H and O–H groups in total. The van der Waals surface area contributed by atoms with Gasteiger partial charge < -0.3 is 15.2 Å². The third-order valence-corrected chi connectivity index (χ3v) is 3.56. The van der Waals surface area contributed by atoms with Gasteiger partial charge in [0.05, 0.1) is 22.7 Å². The van der Waals surface area contributed by atoms with Gasteiger partial charge in [0.1, 0.15) is 17.3 Å². The highest BCUT2D eigenvalue weighted by molar-refractivity contribution is 9.10. The molecule has 0 atom stereocenters. The van der Waals surface area contributed by atoms with Crippen LogP contribution in [0.5, 0.6) is 11.5 Å². The molecule has 6 heteroatoms. The van der Waals surface area contributed by atoms with Gasteiger partial charge >= 0.3 is 0 Å². The molecule has 0 spiro atoms. The normalized spacial score (nSPS) is 10.4. The Morgan fingerprint density at radius 3 is 2.67 bits per heavy atom. The van der Waals surface area contributed by atoms with Crippen molar-refractivity contribution >= 4 is 33.2 Å². The zero-order chi connectivity index (χ0) is 15.2. The molecule has 112 valence electrons. The van der Waals surface area contributed by atoms with E-state index in [4.69, 9.17) is 26.8 Å². The highest BCUT2D eigenvalue weighted by atomic mass is 79.9. The van der Waals surface area contributed by atoms with Crippen molar-refractivity contribution in [2.24, 2.45) is 0 Å². The van der Waals surface area contributed by atoms with Crippen LogP contribution in [0.15, 0.2) is 40.9 Å². The number of nitrogen functional groups attached to an aromatic ring is 1. The monoisotopic (exact) mass is 373 g/mol. The molecule has 0 bridgehead atoms. The van der Waals surface area contributed by atoms with Crippen LogP contribution in [0, 0.1) is 5.82 Å². The number of benzene rings is 2. The topological polar surface area (TPSA) is 44.5 Å². The number of halogens is 3. The van der Waals surface area contributed by atoms with Crippen LogP contribution in [-0.4, -0.2) is 13.2 Å². The molecule has 0 aliphatic heterocycles. The first kappa shape index (κ1) is 15.9. The van der Waals surface area contributed by atoms with Gasteiger partial charge in [-0.2, -0.15) is 0 Å². The van der Waals surface area contributed by atoms with E-state index in [9.17, 15) is 4.39 Å². The largest absolute Gasteiger partial charge is 0.493 e. The third kappa shape index (κ3) is 4.79. The lowest BCUT2D eigenvalue weighted by Gasteiger charge is -2.10. The number of ether oxygens (including phenoxy) is 2. The average Bonchev–Trinajstić information content (AvgIpc) is 2.44. The van der Waals surface area contributed by atoms with Crippen molar-refractivity contribution in [2.75, 3.05) is 18.9 Å². The molecule has 0 aliphatic carbocycles. The summed E-state index contributed by atoms with van der Waals surface area (Å²) in [6.07, 6.45) is 0.658. The van der Waals surface area contributed by atoms with Gasteiger partial charge in [0.15, 0.2) is 0 Å². The van der Waals surface area contributed by atoms with E-state index in [-0.39, 0.29) is 5.02 Å². The molecule has 0 heterocycles. The summed E-state index contributed by atoms with van der Waals surface area (Å²) >= 11 is 8.93. The predicted octanol–water partition coefficient (Wildman–Crippen LogP) is 4.67. The second-order valence-corrected chi connectivity index (χ2v) is 5.58. The Morgan fingerprint density at radius 2 is 1.90 bits per heavy atom. The van der Waals surface area contributed by atoms with E-state index in [1.54, 1.807) is 12.1 Å². The standard InChI is InChI=1S/C15H14BrClFNO2/c16-12-8-13(17)14(18)9-15(12)21-6-2-5-20-11-4-1-3-10(19)7-11/h1,3-4,7-9H,2,5-6,19H2. The van der Waals surface area contributed by atoms with Gasteiger partial charge in [-0.15, -0.1) is 0 Å². The zero-order valence-corrected chi connectivity index (χ0v) is 13.5. The number of nitrogens with two attached hydrogens (primary N) is 1. The van der Waals surface area contributed by atoms with E-state index < -0.39 is 5.82 Å². The number of rotatable bonds is 6. The Bertz CT molecular complexity index is 625. The molecule has 0 unspecified atom stereocenters. The van der Waals surface area contributed by atoms with E-state index in [1.807, 2.05) is 12.1 Å². The maximum Gasteiger partial charge on any atom is 0.145 e. The van der Waals surface area contributed by atoms with E-state index in [2.05, 4.69) is 15.9 Å². The van der Waals surface area contributed by atoms with Crippen LogP contribution in [0.25, 0.3) is 0 Å². The van der Waals surface area contributed by atoms with E-state index in [0.29, 0.717) is 41.3 Å². The van der Waals surface area contributed by atoms with Crippen molar-refractivity contribution in [3.05, 3.63) is 51.7 Å². The van der Waals surface area contributed by atoms with Crippen LogP contribution in [0.2, 0.25) is 5.02 Å². The zero-order valence-electron chi connectivity index (χ0n) is 11.1. The first-order chi connectivity index (χ1) is 10.1. The van der Waals surface area contributed by atoms with Crippen LogP contribution in [0.4, 0.5) is 10.1 Å². The van der Waals surface area contributed by atoms with Gasteiger partial charge in [0.25, 0.3) is 0 Å². The molecule has 3 nitrogen and oxygen atoms in total. The Hall–Kier alpha value is -1.46. The van der Waals surface area contributed by atoms with Crippen LogP contribution in [0.3, 0.4) is 0 Å². The minimum absolute atomic E-state index is 0.0548. The van der Waals surface area contributed by atoms with Crippen molar-refractivity contribution in [3.63, 3.8) is 0 Å². The van der Waals surface area contributed by atoms with Crippen molar-refractivity contribution < 1.29 is 13.9 Å². The summed E-state index contributed by atoms with van der Waals surface area (Å²) in [7, 11) is 0. The van der Waals surface area contributed by atoms with Gasteiger partial charge in [-0.25, -0.2) is 4.39 Å². The molecule has 0 aliphatic rings. The summed E-state index contributed by atoms with van der Waals surface area (Å²) in [4.78, 5) is 0. The van der Waals surface area contributed by atoms with Crippen LogP contribution in [0.1, 0.15) is 6.42 Å². The lowest BCUT2D eigenvalue weighted by molar-refractivity contribution is 0.246. The smallest absolute Gasteiger partial charge is 0.145 e. The maximum atomic E-state index is 13.3. The molecule has 2 aromatic rings. The Morgan fingerprint density at radius 1 is 1.14 bits per heavy atom. The maximum absolute atomic E-state index is 13.3. The van der Waals surface area contributed by atoms with E-state index in [1.165, 1.54) is 12.1 Å². The lowest BCUT2D eigenvalue weighted by Crippen LogP contribution is -2.05. The minimum atomic E-state index is -0.508. The molecular formula is C15H14BrClFNO2. The molecular weight excluding hydrogens is 361 g/mol. The van der Waals surface area contributed by atoms with Crippen molar-refractivity contribution in [2.45, 2.75) is 6.42 Å². The third-order valence-electron chi connectivity index (χ3n) is 2.65. The second kappa shape index (κ2) is 7.52. The number of hydrogen-bond acceptors (Lipinski definition) is 3. The highest BCUT2D eigenvalue weighted by Gasteiger charge is 2.07. The quantitative estimate of drug-likeness (QED) is 0.454. The Balaban J connectivity index is 1.76. The van der Waals surface area contributed by atoms with Crippen molar-refractivity contribution in [1.29, 1.82) is 0 Å². The predicted molar refractivity (Wildman–Crippen MR) is 85.6 cm³/mol. The van der Waals surface area contributed by atoms with Gasteiger partial charge in [0, 0.05) is 24.2 Å².